The molecule has 2 fully saturated rings. The van der Waals surface area contributed by atoms with Gasteiger partial charge < -0.3 is 57.2 Å². The Bertz CT molecular complexity index is 3510. The molecule has 0 aliphatic carbocycles. The molecule has 0 bridgehead atoms. The average Bonchev–Trinajstić information content (AvgIpc) is 0.877. The molecule has 0 aromatic heterocycles. The second-order valence-electron chi connectivity index (χ2n) is 20.2. The molecule has 91 heavy (non-hydrogen) atoms. The van der Waals surface area contributed by atoms with Crippen molar-refractivity contribution in [3.05, 3.63) is 251 Å². The van der Waals surface area contributed by atoms with E-state index in [1.54, 1.807) is 103 Å². The third-order valence-corrected chi connectivity index (χ3v) is 15.2. The Labute approximate surface area is 525 Å². The first kappa shape index (κ1) is 67.7. The predicted octanol–water partition coefficient (Wildman–Crippen LogP) is 9.77. The third-order valence-electron chi connectivity index (χ3n) is 14.3. The van der Waals surface area contributed by atoms with Crippen molar-refractivity contribution in [3.8, 4) is 0 Å². The topological polar surface area (TPSA) is 271 Å². The van der Waals surface area contributed by atoms with Gasteiger partial charge in [0.2, 0.25) is 6.29 Å². The summed E-state index contributed by atoms with van der Waals surface area (Å²) in [6.07, 6.45) is -19.0. The molecule has 2 aliphatic rings. The van der Waals surface area contributed by atoms with Crippen LogP contribution in [-0.2, 0) is 61.0 Å². The fourth-order valence-corrected chi connectivity index (χ4v) is 10.3. The highest BCUT2D eigenvalue weighted by atomic mass is 31.2. The number of rotatable bonds is 24. The van der Waals surface area contributed by atoms with Gasteiger partial charge in [0.05, 0.1) is 45.6 Å². The number of carbonyl (C=O) groups is 7. The van der Waals surface area contributed by atoms with Crippen LogP contribution in [0.15, 0.2) is 212 Å². The van der Waals surface area contributed by atoms with E-state index in [9.17, 15) is 43.0 Å². The number of hydrogen-bond donors (Lipinski definition) is 1. The molecule has 7 aromatic rings. The third kappa shape index (κ3) is 18.9. The molecular formula is C68H68NO21P. The molecule has 2 heterocycles. The highest BCUT2D eigenvalue weighted by Gasteiger charge is 2.57. The van der Waals surface area contributed by atoms with Gasteiger partial charge in [0.1, 0.15) is 18.8 Å². The molecule has 1 N–H and O–H groups in total. The number of phosphoric ester groups is 1. The number of benzene rings is 7. The van der Waals surface area contributed by atoms with Crippen LogP contribution in [0.4, 0.5) is 0 Å². The van der Waals surface area contributed by atoms with Gasteiger partial charge in [-0.1, -0.05) is 148 Å². The molecule has 22 nitrogen and oxygen atoms in total. The van der Waals surface area contributed by atoms with E-state index in [0.717, 1.165) is 7.11 Å². The first-order valence-corrected chi connectivity index (χ1v) is 30.6. The van der Waals surface area contributed by atoms with E-state index >= 15 is 0 Å². The maximum absolute atomic E-state index is 14.8. The van der Waals surface area contributed by atoms with Crippen molar-refractivity contribution in [1.29, 1.82) is 0 Å². The van der Waals surface area contributed by atoms with Crippen LogP contribution in [0.2, 0.25) is 0 Å². The summed E-state index contributed by atoms with van der Waals surface area (Å²) in [6.45, 7) is 8.21. The zero-order valence-corrected chi connectivity index (χ0v) is 50.9. The summed E-state index contributed by atoms with van der Waals surface area (Å²) in [7, 11) is -4.59. The largest absolute Gasteiger partial charge is 0.474 e. The van der Waals surface area contributed by atoms with Gasteiger partial charge in [-0.25, -0.2) is 38.1 Å². The molecule has 0 saturated carbocycles. The van der Waals surface area contributed by atoms with Gasteiger partial charge in [-0.3, -0.25) is 9.05 Å². The number of esters is 7. The van der Waals surface area contributed by atoms with E-state index < -0.39 is 124 Å². The number of hydrogen-bond acceptors (Lipinski definition) is 21. The summed E-state index contributed by atoms with van der Waals surface area (Å²) in [5.41, 5.74) is 0.0555. The van der Waals surface area contributed by atoms with Gasteiger partial charge in [0.25, 0.3) is 0 Å². The van der Waals surface area contributed by atoms with Crippen molar-refractivity contribution >= 4 is 49.6 Å². The van der Waals surface area contributed by atoms with E-state index in [-0.39, 0.29) is 38.9 Å². The molecule has 0 amide bonds. The fourth-order valence-electron chi connectivity index (χ4n) is 9.51. The molecule has 0 radical (unpaired) electrons. The van der Waals surface area contributed by atoms with E-state index in [1.165, 1.54) is 129 Å². The normalized spacial score (nSPS) is 21.6. The lowest BCUT2D eigenvalue weighted by Gasteiger charge is -2.45. The number of carbonyl (C=O) groups excluding carboxylic acids is 7. The molecule has 9 rings (SSSR count). The van der Waals surface area contributed by atoms with E-state index in [2.05, 4.69) is 25.7 Å². The minimum absolute atomic E-state index is 0.00118. The predicted molar refractivity (Wildman–Crippen MR) is 325 cm³/mol. The standard InChI is InChI=1S/C62H53O21P.C6H15N/c1-72-61-52(81-59(68)44-33-19-7-20-34-44)50(79-57(66)42-29-15-5-16-30-42)49(78-56(65)41-27-13-4-14-28-41)47(75-61)38-74-84(70,71)83-62-53(82-60(69)45-35-21-8-22-36-45)51(80-58(67)43-31-17-6-18-32-43)48(77-55(64)40-25-11-3-12-26-40)46(76-62)37-73-54(63)39-23-9-2-10-24-39;1-4-7(5-2)6-3/h2-36,46-53,61-62H,37-38H2,1H3,(H,70,71);4-6H2,1-3H3/t46-,47-,48-,49-,50+,51+,52-,53-,61+,62+;/m1./s1. The second-order valence-corrected chi connectivity index (χ2v) is 21.6. The maximum Gasteiger partial charge on any atom is 0.474 e. The Hall–Kier alpha value is -9.22. The van der Waals surface area contributed by atoms with Crippen molar-refractivity contribution in [2.24, 2.45) is 0 Å². The van der Waals surface area contributed by atoms with Gasteiger partial charge in [-0.05, 0) is 105 Å². The fraction of sp³-hybridized carbons (Fsp3) is 0.279. The summed E-state index contributed by atoms with van der Waals surface area (Å²) in [6, 6.07) is 53.1. The Morgan fingerprint density at radius 1 is 0.374 bits per heavy atom. The van der Waals surface area contributed by atoms with Crippen LogP contribution >= 0.6 is 7.82 Å². The van der Waals surface area contributed by atoms with E-state index in [4.69, 9.17) is 56.4 Å². The Morgan fingerprint density at radius 2 is 0.626 bits per heavy atom. The monoisotopic (exact) mass is 1270 g/mol. The van der Waals surface area contributed by atoms with Gasteiger partial charge >= 0.3 is 49.6 Å². The van der Waals surface area contributed by atoms with Crippen molar-refractivity contribution in [1.82, 2.24) is 4.90 Å². The number of ether oxygens (including phenoxy) is 10. The summed E-state index contributed by atoms with van der Waals surface area (Å²) < 4.78 is 86.1. The highest BCUT2D eigenvalue weighted by Crippen LogP contribution is 2.48. The van der Waals surface area contributed by atoms with Crippen molar-refractivity contribution < 1.29 is 99.4 Å². The van der Waals surface area contributed by atoms with Crippen LogP contribution in [0.5, 0.6) is 0 Å². The van der Waals surface area contributed by atoms with Crippen molar-refractivity contribution in [2.45, 2.75) is 82.2 Å². The lowest BCUT2D eigenvalue weighted by molar-refractivity contribution is -0.293. The van der Waals surface area contributed by atoms with Crippen molar-refractivity contribution in [3.63, 3.8) is 0 Å². The first-order valence-electron chi connectivity index (χ1n) is 29.1. The zero-order chi connectivity index (χ0) is 64.7. The molecule has 11 atom stereocenters. The first-order chi connectivity index (χ1) is 44.1. The molecular weight excluding hydrogens is 1200 g/mol. The molecule has 0 spiro atoms. The van der Waals surface area contributed by atoms with Gasteiger partial charge in [-0.15, -0.1) is 0 Å². The van der Waals surface area contributed by atoms with Crippen LogP contribution < -0.4 is 0 Å². The van der Waals surface area contributed by atoms with Crippen LogP contribution in [0.3, 0.4) is 0 Å². The van der Waals surface area contributed by atoms with Gasteiger partial charge in [0.15, 0.2) is 42.9 Å². The van der Waals surface area contributed by atoms with Gasteiger partial charge in [0, 0.05) is 7.11 Å². The summed E-state index contributed by atoms with van der Waals surface area (Å²) in [5.74, 6) is -7.03. The Morgan fingerprint density at radius 3 is 0.912 bits per heavy atom. The van der Waals surface area contributed by atoms with Crippen LogP contribution in [-0.4, -0.2) is 153 Å². The second kappa shape index (κ2) is 33.6. The average molecular weight is 1270 g/mol. The smallest absolute Gasteiger partial charge is 0.459 e. The van der Waals surface area contributed by atoms with Crippen molar-refractivity contribution in [2.75, 3.05) is 40.0 Å². The van der Waals surface area contributed by atoms with Gasteiger partial charge in [-0.2, -0.15) is 0 Å². The minimum Gasteiger partial charge on any atom is -0.459 e. The summed E-state index contributed by atoms with van der Waals surface area (Å²) in [5, 5.41) is 0. The highest BCUT2D eigenvalue weighted by molar-refractivity contribution is 7.47. The summed E-state index contributed by atoms with van der Waals surface area (Å²) in [4.78, 5) is 112. The maximum atomic E-state index is 14.8. The van der Waals surface area contributed by atoms with Crippen LogP contribution in [0, 0.1) is 0 Å². The molecule has 476 valence electrons. The Balaban J connectivity index is 0.00000144. The van der Waals surface area contributed by atoms with Crippen LogP contribution in [0.1, 0.15) is 93.3 Å². The van der Waals surface area contributed by atoms with Crippen LogP contribution in [0.25, 0.3) is 0 Å². The molecule has 2 aliphatic heterocycles. The van der Waals surface area contributed by atoms with E-state index in [0.29, 0.717) is 0 Å². The number of methoxy groups -OCH3 is 1. The number of phosphoric acid groups is 1. The summed E-state index contributed by atoms with van der Waals surface area (Å²) >= 11 is 0. The zero-order valence-electron chi connectivity index (χ0n) is 50.0. The molecule has 1 unspecified atom stereocenters. The minimum atomic E-state index is -5.75. The number of nitrogens with zero attached hydrogens (tertiary/aromatic N) is 1. The SMILES string of the molecule is CCN(CC)CC.CO[C@H]1O[C@H](COP(=O)(O)O[C@@H]2O[C@H](COC(=O)c3ccccc3)[C@@H](OC(=O)c3ccccc3)[C@H](OC(=O)c3ccccc3)[C@H]2OC(=O)c2ccccc2)[C@@H](OC(=O)c2ccccc2)[C@H](OC(=O)c2ccccc2)[C@H]1OC(=O)c1ccccc1. The lowest BCUT2D eigenvalue weighted by atomic mass is 9.97. The molecule has 7 aromatic carbocycles. The Kier molecular flexibility index (Phi) is 25.0. The lowest BCUT2D eigenvalue weighted by Crippen LogP contribution is -2.63. The molecule has 2 saturated heterocycles. The molecule has 23 heteroatoms. The van der Waals surface area contributed by atoms with E-state index in [1.807, 2.05) is 0 Å². The quantitative estimate of drug-likeness (QED) is 0.0335.